The second-order valence-corrected chi connectivity index (χ2v) is 4.06. The first-order valence-corrected chi connectivity index (χ1v) is 5.87. The Kier molecular flexibility index (Phi) is 5.56. The molecule has 94 valence electrons. The van der Waals surface area contributed by atoms with Crippen LogP contribution in [-0.4, -0.2) is 27.1 Å². The number of aliphatic carboxylic acids is 1. The maximum absolute atomic E-state index is 11.0. The molecule has 1 aromatic heterocycles. The number of nitrogens with one attached hydrogen (secondary N) is 1. The Morgan fingerprint density at radius 3 is 2.76 bits per heavy atom. The minimum absolute atomic E-state index is 0.438. The summed E-state index contributed by atoms with van der Waals surface area (Å²) in [5.74, 6) is -0.807. The van der Waals surface area contributed by atoms with Crippen molar-refractivity contribution in [2.45, 2.75) is 45.7 Å². The van der Waals surface area contributed by atoms with Crippen LogP contribution in [0.4, 0.5) is 0 Å². The number of carboxylic acid groups (broad SMARTS) is 1. The van der Waals surface area contributed by atoms with E-state index in [2.05, 4.69) is 15.3 Å². The Bertz CT molecular complexity index is 351. The molecule has 1 atom stereocenters. The van der Waals surface area contributed by atoms with Gasteiger partial charge in [0.05, 0.1) is 11.4 Å². The van der Waals surface area contributed by atoms with E-state index in [1.807, 2.05) is 13.8 Å². The molecule has 0 fully saturated rings. The summed E-state index contributed by atoms with van der Waals surface area (Å²) in [6.45, 7) is 4.35. The van der Waals surface area contributed by atoms with Crippen LogP contribution in [0.3, 0.4) is 0 Å². The van der Waals surface area contributed by atoms with Crippen LogP contribution in [0.25, 0.3) is 0 Å². The van der Waals surface area contributed by atoms with E-state index in [1.54, 1.807) is 12.4 Å². The van der Waals surface area contributed by atoms with Gasteiger partial charge in [-0.05, 0) is 13.3 Å². The zero-order valence-corrected chi connectivity index (χ0v) is 10.3. The van der Waals surface area contributed by atoms with Crippen LogP contribution in [-0.2, 0) is 11.3 Å². The quantitative estimate of drug-likeness (QED) is 0.752. The van der Waals surface area contributed by atoms with Crippen molar-refractivity contribution in [3.05, 3.63) is 23.8 Å². The molecule has 1 unspecified atom stereocenters. The van der Waals surface area contributed by atoms with Gasteiger partial charge in [0.2, 0.25) is 0 Å². The van der Waals surface area contributed by atoms with Crippen LogP contribution in [0.5, 0.6) is 0 Å². The first-order chi connectivity index (χ1) is 8.13. The predicted molar refractivity (Wildman–Crippen MR) is 64.6 cm³/mol. The van der Waals surface area contributed by atoms with Crippen molar-refractivity contribution < 1.29 is 9.90 Å². The van der Waals surface area contributed by atoms with E-state index in [-0.39, 0.29) is 0 Å². The Hall–Kier alpha value is -1.49. The first kappa shape index (κ1) is 13.6. The standard InChI is InChI=1S/C12H19N3O2/c1-3-4-5-11(12(16)17)15-8-10-7-13-9(2)6-14-10/h6-7,11,15H,3-5,8H2,1-2H3,(H,16,17). The topological polar surface area (TPSA) is 75.1 Å². The molecule has 5 heteroatoms. The van der Waals surface area contributed by atoms with Crippen LogP contribution < -0.4 is 5.32 Å². The van der Waals surface area contributed by atoms with Gasteiger partial charge in [-0.2, -0.15) is 0 Å². The average molecular weight is 237 g/mol. The summed E-state index contributed by atoms with van der Waals surface area (Å²) in [5, 5.41) is 12.0. The van der Waals surface area contributed by atoms with Gasteiger partial charge in [0, 0.05) is 18.9 Å². The molecule has 0 aliphatic carbocycles. The predicted octanol–water partition coefficient (Wildman–Crippen LogP) is 1.52. The minimum atomic E-state index is -0.807. The highest BCUT2D eigenvalue weighted by molar-refractivity contribution is 5.73. The molecule has 0 aliphatic heterocycles. The number of aryl methyl sites for hydroxylation is 1. The Balaban J connectivity index is 2.45. The van der Waals surface area contributed by atoms with E-state index in [0.29, 0.717) is 13.0 Å². The lowest BCUT2D eigenvalue weighted by molar-refractivity contribution is -0.139. The van der Waals surface area contributed by atoms with Crippen LogP contribution >= 0.6 is 0 Å². The van der Waals surface area contributed by atoms with Crippen LogP contribution in [0.1, 0.15) is 37.6 Å². The molecule has 17 heavy (non-hydrogen) atoms. The van der Waals surface area contributed by atoms with Crippen molar-refractivity contribution in [3.8, 4) is 0 Å². The maximum Gasteiger partial charge on any atom is 0.320 e. The summed E-state index contributed by atoms with van der Waals surface area (Å²) < 4.78 is 0. The molecule has 0 bridgehead atoms. The number of carbonyl (C=O) groups is 1. The largest absolute Gasteiger partial charge is 0.480 e. The molecule has 0 saturated heterocycles. The lowest BCUT2D eigenvalue weighted by Gasteiger charge is -2.13. The normalized spacial score (nSPS) is 12.4. The van der Waals surface area contributed by atoms with E-state index in [9.17, 15) is 4.79 Å². The number of hydrogen-bond acceptors (Lipinski definition) is 4. The maximum atomic E-state index is 11.0. The Morgan fingerprint density at radius 2 is 2.24 bits per heavy atom. The molecule has 0 saturated carbocycles. The monoisotopic (exact) mass is 237 g/mol. The molecule has 0 radical (unpaired) electrons. The average Bonchev–Trinajstić information content (AvgIpc) is 2.31. The summed E-state index contributed by atoms with van der Waals surface area (Å²) in [6, 6.07) is -0.502. The van der Waals surface area contributed by atoms with Crippen molar-refractivity contribution in [2.24, 2.45) is 0 Å². The highest BCUT2D eigenvalue weighted by Crippen LogP contribution is 2.02. The zero-order chi connectivity index (χ0) is 12.7. The van der Waals surface area contributed by atoms with Crippen LogP contribution in [0.2, 0.25) is 0 Å². The Morgan fingerprint density at radius 1 is 1.47 bits per heavy atom. The third-order valence-corrected chi connectivity index (χ3v) is 2.51. The van der Waals surface area contributed by atoms with E-state index >= 15 is 0 Å². The third-order valence-electron chi connectivity index (χ3n) is 2.51. The van der Waals surface area contributed by atoms with Gasteiger partial charge in [-0.15, -0.1) is 0 Å². The third kappa shape index (κ3) is 4.91. The number of nitrogens with zero attached hydrogens (tertiary/aromatic N) is 2. The van der Waals surface area contributed by atoms with Crippen LogP contribution in [0.15, 0.2) is 12.4 Å². The lowest BCUT2D eigenvalue weighted by Crippen LogP contribution is -2.36. The van der Waals surface area contributed by atoms with Gasteiger partial charge in [0.15, 0.2) is 0 Å². The smallest absolute Gasteiger partial charge is 0.320 e. The summed E-state index contributed by atoms with van der Waals surface area (Å²) in [5.41, 5.74) is 1.62. The number of rotatable bonds is 7. The first-order valence-electron chi connectivity index (χ1n) is 5.87. The summed E-state index contributed by atoms with van der Waals surface area (Å²) in [4.78, 5) is 19.3. The molecular weight excluding hydrogens is 218 g/mol. The minimum Gasteiger partial charge on any atom is -0.480 e. The summed E-state index contributed by atoms with van der Waals surface area (Å²) >= 11 is 0. The fraction of sp³-hybridized carbons (Fsp3) is 0.583. The van der Waals surface area contributed by atoms with E-state index < -0.39 is 12.0 Å². The molecule has 5 nitrogen and oxygen atoms in total. The molecule has 1 rings (SSSR count). The molecule has 0 aliphatic rings. The molecule has 0 spiro atoms. The van der Waals surface area contributed by atoms with Crippen molar-refractivity contribution in [2.75, 3.05) is 0 Å². The molecule has 2 N–H and O–H groups in total. The highest BCUT2D eigenvalue weighted by Gasteiger charge is 2.15. The fourth-order valence-corrected chi connectivity index (χ4v) is 1.46. The van der Waals surface area contributed by atoms with Crippen molar-refractivity contribution in [3.63, 3.8) is 0 Å². The van der Waals surface area contributed by atoms with Gasteiger partial charge in [0.1, 0.15) is 6.04 Å². The Labute approximate surface area is 101 Å². The second kappa shape index (κ2) is 6.96. The molecule has 1 heterocycles. The lowest BCUT2D eigenvalue weighted by atomic mass is 10.1. The van der Waals surface area contributed by atoms with Crippen molar-refractivity contribution in [1.82, 2.24) is 15.3 Å². The van der Waals surface area contributed by atoms with Gasteiger partial charge >= 0.3 is 5.97 Å². The number of unbranched alkanes of at least 4 members (excludes halogenated alkanes) is 1. The molecule has 1 aromatic rings. The van der Waals surface area contributed by atoms with Crippen LogP contribution in [0, 0.1) is 6.92 Å². The van der Waals surface area contributed by atoms with Gasteiger partial charge < -0.3 is 5.11 Å². The van der Waals surface area contributed by atoms with Gasteiger partial charge in [-0.3, -0.25) is 20.1 Å². The summed E-state index contributed by atoms with van der Waals surface area (Å²) in [7, 11) is 0. The summed E-state index contributed by atoms with van der Waals surface area (Å²) in [6.07, 6.45) is 5.89. The SMILES string of the molecule is CCCCC(NCc1cnc(C)cn1)C(=O)O. The van der Waals surface area contributed by atoms with Gasteiger partial charge in [-0.1, -0.05) is 19.8 Å². The molecular formula is C12H19N3O2. The second-order valence-electron chi connectivity index (χ2n) is 4.06. The van der Waals surface area contributed by atoms with Crippen molar-refractivity contribution in [1.29, 1.82) is 0 Å². The van der Waals surface area contributed by atoms with Crippen molar-refractivity contribution >= 4 is 5.97 Å². The number of hydrogen-bond donors (Lipinski definition) is 2. The van der Waals surface area contributed by atoms with E-state index in [4.69, 9.17) is 5.11 Å². The van der Waals surface area contributed by atoms with Gasteiger partial charge in [0.25, 0.3) is 0 Å². The molecule has 0 aromatic carbocycles. The van der Waals surface area contributed by atoms with E-state index in [1.165, 1.54) is 0 Å². The number of aromatic nitrogens is 2. The number of carboxylic acids is 1. The molecule has 0 amide bonds. The zero-order valence-electron chi connectivity index (χ0n) is 10.3. The highest BCUT2D eigenvalue weighted by atomic mass is 16.4. The fourth-order valence-electron chi connectivity index (χ4n) is 1.46. The van der Waals surface area contributed by atoms with Gasteiger partial charge in [-0.25, -0.2) is 0 Å². The van der Waals surface area contributed by atoms with E-state index in [0.717, 1.165) is 24.2 Å².